The Hall–Kier alpha value is -1.45. The number of carbonyl (C=O) groups is 3. The minimum absolute atomic E-state index is 0.00401. The first kappa shape index (κ1) is 22.2. The van der Waals surface area contributed by atoms with Crippen molar-refractivity contribution in [1.29, 1.82) is 0 Å². The Morgan fingerprint density at radius 3 is 2.76 bits per heavy atom. The van der Waals surface area contributed by atoms with Crippen molar-refractivity contribution in [2.24, 2.45) is 11.8 Å². The standard InChI is InChI=1S/C20H29BrN2O6/c1-5-7-22(11(3)4)18(26)16-20-10-12(21)15(29-20)13(19(27)28-6-2)14(20)17(25)23(16)8-9-24/h5,11-16,24H,1,6-10H2,2-4H3/t12?,13-,14+,15-,16?,20?/m1/s1. The molecule has 2 bridgehead atoms. The fraction of sp³-hybridized carbons (Fsp3) is 0.750. The molecule has 6 atom stereocenters. The molecule has 162 valence electrons. The number of halogens is 1. The number of esters is 1. The van der Waals surface area contributed by atoms with E-state index in [2.05, 4.69) is 22.5 Å². The van der Waals surface area contributed by atoms with Gasteiger partial charge in [-0.25, -0.2) is 0 Å². The monoisotopic (exact) mass is 472 g/mol. The van der Waals surface area contributed by atoms with Gasteiger partial charge in [0.05, 0.1) is 31.2 Å². The SMILES string of the molecule is C=CCN(C(=O)C1N(CCO)C(=O)[C@@H]2[C@@H](C(=O)OCC)[C@@H]3OC12CC3Br)C(C)C. The average Bonchev–Trinajstić information content (AvgIpc) is 3.24. The molecule has 0 aromatic rings. The highest BCUT2D eigenvalue weighted by atomic mass is 79.9. The lowest BCUT2D eigenvalue weighted by atomic mass is 9.70. The van der Waals surface area contributed by atoms with E-state index in [4.69, 9.17) is 9.47 Å². The number of aliphatic hydroxyl groups excluding tert-OH is 1. The molecular formula is C20H29BrN2O6. The summed E-state index contributed by atoms with van der Waals surface area (Å²) in [6, 6.07) is -1.01. The van der Waals surface area contributed by atoms with E-state index in [0.29, 0.717) is 13.0 Å². The average molecular weight is 473 g/mol. The highest BCUT2D eigenvalue weighted by molar-refractivity contribution is 9.09. The van der Waals surface area contributed by atoms with Crippen LogP contribution in [0.25, 0.3) is 0 Å². The molecule has 3 fully saturated rings. The Balaban J connectivity index is 2.06. The molecule has 3 rings (SSSR count). The Labute approximate surface area is 179 Å². The molecule has 3 aliphatic heterocycles. The largest absolute Gasteiger partial charge is 0.466 e. The van der Waals surface area contributed by atoms with Crippen molar-refractivity contribution in [1.82, 2.24) is 9.80 Å². The molecule has 3 saturated heterocycles. The minimum atomic E-state index is -1.12. The summed E-state index contributed by atoms with van der Waals surface area (Å²) >= 11 is 3.59. The molecule has 1 spiro atoms. The van der Waals surface area contributed by atoms with Crippen LogP contribution in [0.15, 0.2) is 12.7 Å². The summed E-state index contributed by atoms with van der Waals surface area (Å²) in [4.78, 5) is 42.6. The lowest BCUT2D eigenvalue weighted by Crippen LogP contribution is -2.58. The van der Waals surface area contributed by atoms with Crippen molar-refractivity contribution in [2.75, 3.05) is 26.3 Å². The Kier molecular flexibility index (Phi) is 6.41. The molecule has 0 aromatic heterocycles. The van der Waals surface area contributed by atoms with Gasteiger partial charge in [0, 0.05) is 24.0 Å². The fourth-order valence-electron chi connectivity index (χ4n) is 5.12. The van der Waals surface area contributed by atoms with Crippen molar-refractivity contribution in [3.8, 4) is 0 Å². The first-order chi connectivity index (χ1) is 13.7. The van der Waals surface area contributed by atoms with Crippen molar-refractivity contribution in [3.05, 3.63) is 12.7 Å². The molecule has 29 heavy (non-hydrogen) atoms. The number of fused-ring (bicyclic) bond motifs is 1. The topological polar surface area (TPSA) is 96.4 Å². The van der Waals surface area contributed by atoms with Crippen LogP contribution in [-0.2, 0) is 23.9 Å². The van der Waals surface area contributed by atoms with Gasteiger partial charge >= 0.3 is 5.97 Å². The summed E-state index contributed by atoms with van der Waals surface area (Å²) in [5, 5.41) is 9.56. The third-order valence-electron chi connectivity index (χ3n) is 6.15. The Morgan fingerprint density at radius 2 is 2.21 bits per heavy atom. The molecule has 3 heterocycles. The zero-order valence-corrected chi connectivity index (χ0v) is 18.6. The predicted molar refractivity (Wildman–Crippen MR) is 108 cm³/mol. The van der Waals surface area contributed by atoms with Gasteiger partial charge in [0.2, 0.25) is 11.8 Å². The number of aliphatic hydroxyl groups is 1. The molecule has 0 aromatic carbocycles. The second-order valence-corrected chi connectivity index (χ2v) is 9.22. The van der Waals surface area contributed by atoms with E-state index in [1.807, 2.05) is 13.8 Å². The number of amides is 2. The van der Waals surface area contributed by atoms with Crippen molar-refractivity contribution < 1.29 is 29.0 Å². The van der Waals surface area contributed by atoms with Crippen LogP contribution in [0.1, 0.15) is 27.2 Å². The molecule has 0 saturated carbocycles. The maximum atomic E-state index is 13.6. The number of alkyl halides is 1. The quantitative estimate of drug-likeness (QED) is 0.317. The number of rotatable bonds is 8. The molecule has 3 unspecified atom stereocenters. The first-order valence-corrected chi connectivity index (χ1v) is 11.0. The van der Waals surface area contributed by atoms with Gasteiger partial charge in [0.1, 0.15) is 11.6 Å². The van der Waals surface area contributed by atoms with Crippen LogP contribution in [0.5, 0.6) is 0 Å². The predicted octanol–water partition coefficient (Wildman–Crippen LogP) is 0.713. The van der Waals surface area contributed by atoms with Gasteiger partial charge in [0.25, 0.3) is 0 Å². The molecule has 3 aliphatic rings. The van der Waals surface area contributed by atoms with Crippen molar-refractivity contribution >= 4 is 33.7 Å². The van der Waals surface area contributed by atoms with Crippen molar-refractivity contribution in [2.45, 2.75) is 55.8 Å². The van der Waals surface area contributed by atoms with Crippen molar-refractivity contribution in [3.63, 3.8) is 0 Å². The van der Waals surface area contributed by atoms with Crippen LogP contribution in [0.4, 0.5) is 0 Å². The van der Waals surface area contributed by atoms with E-state index in [1.54, 1.807) is 17.9 Å². The summed E-state index contributed by atoms with van der Waals surface area (Å²) in [6.45, 7) is 9.48. The number of likely N-dealkylation sites (tertiary alicyclic amines) is 1. The Bertz CT molecular complexity index is 700. The molecule has 1 N–H and O–H groups in total. The van der Waals surface area contributed by atoms with Gasteiger partial charge in [-0.05, 0) is 27.2 Å². The number of nitrogens with zero attached hydrogens (tertiary/aromatic N) is 2. The summed E-state index contributed by atoms with van der Waals surface area (Å²) in [5.41, 5.74) is -1.12. The fourth-order valence-corrected chi connectivity index (χ4v) is 6.06. The van der Waals surface area contributed by atoms with Gasteiger partial charge in [-0.2, -0.15) is 0 Å². The van der Waals surface area contributed by atoms with Crippen LogP contribution >= 0.6 is 15.9 Å². The summed E-state index contributed by atoms with van der Waals surface area (Å²) in [5.74, 6) is -2.63. The van der Waals surface area contributed by atoms with E-state index in [1.165, 1.54) is 4.90 Å². The Morgan fingerprint density at radius 1 is 1.52 bits per heavy atom. The molecule has 8 nitrogen and oxygen atoms in total. The number of hydrogen-bond acceptors (Lipinski definition) is 6. The maximum absolute atomic E-state index is 13.6. The third-order valence-corrected chi connectivity index (χ3v) is 7.00. The van der Waals surface area contributed by atoms with Gasteiger partial charge in [-0.3, -0.25) is 14.4 Å². The van der Waals surface area contributed by atoms with E-state index in [-0.39, 0.29) is 42.4 Å². The first-order valence-electron chi connectivity index (χ1n) is 10.1. The van der Waals surface area contributed by atoms with Crippen LogP contribution in [0.2, 0.25) is 0 Å². The van der Waals surface area contributed by atoms with Gasteiger partial charge in [0.15, 0.2) is 0 Å². The van der Waals surface area contributed by atoms with Crippen LogP contribution in [-0.4, -0.2) is 87.6 Å². The summed E-state index contributed by atoms with van der Waals surface area (Å²) < 4.78 is 11.5. The molecule has 0 radical (unpaired) electrons. The van der Waals surface area contributed by atoms with Gasteiger partial charge in [-0.1, -0.05) is 22.0 Å². The number of hydrogen-bond donors (Lipinski definition) is 1. The highest BCUT2D eigenvalue weighted by Gasteiger charge is 2.77. The second kappa shape index (κ2) is 8.35. The van der Waals surface area contributed by atoms with E-state index in [0.717, 1.165) is 0 Å². The second-order valence-electron chi connectivity index (χ2n) is 8.04. The molecular weight excluding hydrogens is 444 g/mol. The van der Waals surface area contributed by atoms with Crippen LogP contribution < -0.4 is 0 Å². The van der Waals surface area contributed by atoms with E-state index in [9.17, 15) is 19.5 Å². The van der Waals surface area contributed by atoms with Gasteiger partial charge < -0.3 is 24.4 Å². The molecule has 2 amide bonds. The normalized spacial score (nSPS) is 35.2. The number of ether oxygens (including phenoxy) is 2. The lowest BCUT2D eigenvalue weighted by Gasteiger charge is -2.38. The summed E-state index contributed by atoms with van der Waals surface area (Å²) in [6.07, 6.45) is 1.55. The summed E-state index contributed by atoms with van der Waals surface area (Å²) in [7, 11) is 0. The zero-order chi connectivity index (χ0) is 21.5. The highest BCUT2D eigenvalue weighted by Crippen LogP contribution is 2.60. The van der Waals surface area contributed by atoms with Crippen LogP contribution in [0, 0.1) is 11.8 Å². The van der Waals surface area contributed by atoms with E-state index >= 15 is 0 Å². The molecule has 0 aliphatic carbocycles. The number of carbonyl (C=O) groups excluding carboxylic acids is 3. The van der Waals surface area contributed by atoms with E-state index < -0.39 is 35.6 Å². The number of β-amino-alcohol motifs (C(OH)–C–C–N with tert-alkyl or cyclic N) is 1. The van der Waals surface area contributed by atoms with Gasteiger partial charge in [-0.15, -0.1) is 6.58 Å². The van der Waals surface area contributed by atoms with Crippen LogP contribution in [0.3, 0.4) is 0 Å². The maximum Gasteiger partial charge on any atom is 0.312 e. The third kappa shape index (κ3) is 3.31. The smallest absolute Gasteiger partial charge is 0.312 e. The minimum Gasteiger partial charge on any atom is -0.466 e. The zero-order valence-electron chi connectivity index (χ0n) is 17.0. The lowest BCUT2D eigenvalue weighted by molar-refractivity contribution is -0.155. The molecule has 9 heteroatoms.